The lowest BCUT2D eigenvalue weighted by molar-refractivity contribution is 0.132. The summed E-state index contributed by atoms with van der Waals surface area (Å²) >= 11 is 0. The number of halogens is 1. The molecule has 0 bridgehead atoms. The number of aromatic nitrogens is 2. The van der Waals surface area contributed by atoms with Crippen LogP contribution in [0.2, 0.25) is 0 Å². The standard InChI is InChI=1S/C16H20FN3O2/c1-2-12-15(17)16(19-10-18-12)20-7-3-5-11(20)9-13(21)14-6-4-8-22-14/h4,6,8,10-11,13,21H,2-3,5,7,9H2,1H3/t11-,13+/m0/s1. The number of aliphatic hydroxyl groups excluding tert-OH is 1. The van der Waals surface area contributed by atoms with E-state index < -0.39 is 6.10 Å². The van der Waals surface area contributed by atoms with Crippen LogP contribution >= 0.6 is 0 Å². The Bertz CT molecular complexity index is 618. The molecule has 1 aliphatic rings. The molecule has 6 heteroatoms. The molecule has 2 atom stereocenters. The first-order valence-electron chi connectivity index (χ1n) is 7.68. The molecular formula is C16H20FN3O2. The average Bonchev–Trinajstić information content (AvgIpc) is 3.19. The van der Waals surface area contributed by atoms with Gasteiger partial charge in [0.1, 0.15) is 18.2 Å². The molecule has 0 radical (unpaired) electrons. The second-order valence-electron chi connectivity index (χ2n) is 5.57. The SMILES string of the molecule is CCc1ncnc(N2CCC[C@H]2C[C@@H](O)c2ccco2)c1F. The molecule has 3 rings (SSSR count). The number of hydrogen-bond acceptors (Lipinski definition) is 5. The number of rotatable bonds is 5. The van der Waals surface area contributed by atoms with Gasteiger partial charge in [-0.3, -0.25) is 0 Å². The first-order chi connectivity index (χ1) is 10.7. The van der Waals surface area contributed by atoms with Gasteiger partial charge in [0.05, 0.1) is 12.0 Å². The highest BCUT2D eigenvalue weighted by Crippen LogP contribution is 2.32. The van der Waals surface area contributed by atoms with Gasteiger partial charge in [-0.05, 0) is 31.4 Å². The fourth-order valence-electron chi connectivity index (χ4n) is 3.06. The van der Waals surface area contributed by atoms with Crippen LogP contribution in [0.1, 0.15) is 43.7 Å². The minimum Gasteiger partial charge on any atom is -0.467 e. The van der Waals surface area contributed by atoms with Crippen molar-refractivity contribution >= 4 is 5.82 Å². The largest absolute Gasteiger partial charge is 0.467 e. The molecule has 22 heavy (non-hydrogen) atoms. The third kappa shape index (κ3) is 2.83. The van der Waals surface area contributed by atoms with Crippen molar-refractivity contribution in [1.29, 1.82) is 0 Å². The van der Waals surface area contributed by atoms with Gasteiger partial charge < -0.3 is 14.4 Å². The van der Waals surface area contributed by atoms with Crippen molar-refractivity contribution in [2.75, 3.05) is 11.4 Å². The van der Waals surface area contributed by atoms with Crippen molar-refractivity contribution in [3.63, 3.8) is 0 Å². The van der Waals surface area contributed by atoms with E-state index in [2.05, 4.69) is 9.97 Å². The normalized spacial score (nSPS) is 19.6. The minimum absolute atomic E-state index is 0.0502. The molecule has 0 aliphatic carbocycles. The predicted octanol–water partition coefficient (Wildman–Crippen LogP) is 2.86. The molecule has 0 amide bonds. The van der Waals surface area contributed by atoms with Gasteiger partial charge in [-0.1, -0.05) is 6.92 Å². The van der Waals surface area contributed by atoms with E-state index in [0.29, 0.717) is 30.1 Å². The Morgan fingerprint density at radius 2 is 2.36 bits per heavy atom. The number of furan rings is 1. The van der Waals surface area contributed by atoms with Crippen LogP contribution in [0, 0.1) is 5.82 Å². The van der Waals surface area contributed by atoms with Gasteiger partial charge in [0.2, 0.25) is 0 Å². The molecule has 1 fully saturated rings. The lowest BCUT2D eigenvalue weighted by atomic mass is 10.1. The zero-order valence-corrected chi connectivity index (χ0v) is 12.6. The molecular weight excluding hydrogens is 285 g/mol. The quantitative estimate of drug-likeness (QED) is 0.920. The molecule has 118 valence electrons. The van der Waals surface area contributed by atoms with Crippen molar-refractivity contribution in [2.45, 2.75) is 44.8 Å². The molecule has 0 aromatic carbocycles. The van der Waals surface area contributed by atoms with Crippen LogP contribution in [-0.2, 0) is 6.42 Å². The number of nitrogens with zero attached hydrogens (tertiary/aromatic N) is 3. The maximum atomic E-state index is 14.5. The Morgan fingerprint density at radius 3 is 3.09 bits per heavy atom. The van der Waals surface area contributed by atoms with Gasteiger partial charge in [0.15, 0.2) is 11.6 Å². The zero-order chi connectivity index (χ0) is 15.5. The number of aryl methyl sites for hydroxylation is 1. The summed E-state index contributed by atoms with van der Waals surface area (Å²) in [7, 11) is 0. The van der Waals surface area contributed by atoms with E-state index in [-0.39, 0.29) is 11.9 Å². The zero-order valence-electron chi connectivity index (χ0n) is 12.6. The van der Waals surface area contributed by atoms with Gasteiger partial charge in [0, 0.05) is 19.0 Å². The van der Waals surface area contributed by atoms with Gasteiger partial charge in [-0.25, -0.2) is 14.4 Å². The number of hydrogen-bond donors (Lipinski definition) is 1. The second kappa shape index (κ2) is 6.44. The van der Waals surface area contributed by atoms with Crippen LogP contribution in [0.5, 0.6) is 0 Å². The fraction of sp³-hybridized carbons (Fsp3) is 0.500. The van der Waals surface area contributed by atoms with E-state index in [1.807, 2.05) is 11.8 Å². The van der Waals surface area contributed by atoms with Crippen LogP contribution in [0.25, 0.3) is 0 Å². The van der Waals surface area contributed by atoms with Crippen molar-refractivity contribution in [3.8, 4) is 0 Å². The fourth-order valence-corrected chi connectivity index (χ4v) is 3.06. The van der Waals surface area contributed by atoms with Crippen molar-refractivity contribution in [2.24, 2.45) is 0 Å². The van der Waals surface area contributed by atoms with Gasteiger partial charge >= 0.3 is 0 Å². The van der Waals surface area contributed by atoms with Gasteiger partial charge in [0.25, 0.3) is 0 Å². The smallest absolute Gasteiger partial charge is 0.187 e. The third-order valence-electron chi connectivity index (χ3n) is 4.19. The Hall–Kier alpha value is -1.95. The van der Waals surface area contributed by atoms with E-state index in [9.17, 15) is 9.50 Å². The van der Waals surface area contributed by atoms with E-state index >= 15 is 0 Å². The molecule has 0 unspecified atom stereocenters. The topological polar surface area (TPSA) is 62.4 Å². The molecule has 5 nitrogen and oxygen atoms in total. The maximum Gasteiger partial charge on any atom is 0.187 e. The van der Waals surface area contributed by atoms with E-state index in [4.69, 9.17) is 4.42 Å². The second-order valence-corrected chi connectivity index (χ2v) is 5.57. The summed E-state index contributed by atoms with van der Waals surface area (Å²) in [5.74, 6) is 0.551. The highest BCUT2D eigenvalue weighted by atomic mass is 19.1. The summed E-state index contributed by atoms with van der Waals surface area (Å²) in [4.78, 5) is 10.0. The van der Waals surface area contributed by atoms with E-state index in [1.54, 1.807) is 18.4 Å². The Morgan fingerprint density at radius 1 is 1.50 bits per heavy atom. The van der Waals surface area contributed by atoms with Gasteiger partial charge in [-0.2, -0.15) is 0 Å². The van der Waals surface area contributed by atoms with Crippen molar-refractivity contribution < 1.29 is 13.9 Å². The van der Waals surface area contributed by atoms with E-state index in [1.165, 1.54) is 6.33 Å². The summed E-state index contributed by atoms with van der Waals surface area (Å²) in [5.41, 5.74) is 0.433. The Balaban J connectivity index is 1.79. The first-order valence-corrected chi connectivity index (χ1v) is 7.68. The molecule has 0 saturated carbocycles. The van der Waals surface area contributed by atoms with Crippen LogP contribution in [0.4, 0.5) is 10.2 Å². The first kappa shape index (κ1) is 15.0. The highest BCUT2D eigenvalue weighted by molar-refractivity contribution is 5.43. The predicted molar refractivity (Wildman–Crippen MR) is 80.0 cm³/mol. The number of aliphatic hydroxyl groups is 1. The Labute approximate surface area is 128 Å². The van der Waals surface area contributed by atoms with Crippen molar-refractivity contribution in [1.82, 2.24) is 9.97 Å². The molecule has 1 aliphatic heterocycles. The lowest BCUT2D eigenvalue weighted by Gasteiger charge is -2.27. The highest BCUT2D eigenvalue weighted by Gasteiger charge is 2.31. The summed E-state index contributed by atoms with van der Waals surface area (Å²) in [5, 5.41) is 10.3. The lowest BCUT2D eigenvalue weighted by Crippen LogP contribution is -2.32. The molecule has 2 aromatic heterocycles. The minimum atomic E-state index is -0.684. The van der Waals surface area contributed by atoms with E-state index in [0.717, 1.165) is 19.4 Å². The monoisotopic (exact) mass is 305 g/mol. The van der Waals surface area contributed by atoms with Crippen LogP contribution in [-0.4, -0.2) is 27.7 Å². The van der Waals surface area contributed by atoms with Crippen LogP contribution in [0.15, 0.2) is 29.1 Å². The molecule has 1 saturated heterocycles. The number of anilines is 1. The summed E-state index contributed by atoms with van der Waals surface area (Å²) in [6, 6.07) is 3.56. The summed E-state index contributed by atoms with van der Waals surface area (Å²) in [6.45, 7) is 2.62. The summed E-state index contributed by atoms with van der Waals surface area (Å²) < 4.78 is 19.7. The average molecular weight is 305 g/mol. The van der Waals surface area contributed by atoms with Crippen molar-refractivity contribution in [3.05, 3.63) is 42.0 Å². The summed E-state index contributed by atoms with van der Waals surface area (Å²) in [6.07, 6.45) is 5.17. The van der Waals surface area contributed by atoms with Crippen LogP contribution < -0.4 is 4.90 Å². The molecule has 2 aromatic rings. The molecule has 3 heterocycles. The van der Waals surface area contributed by atoms with Gasteiger partial charge in [-0.15, -0.1) is 0 Å². The Kier molecular flexibility index (Phi) is 4.38. The third-order valence-corrected chi connectivity index (χ3v) is 4.19. The molecule has 1 N–H and O–H groups in total. The molecule has 0 spiro atoms. The van der Waals surface area contributed by atoms with Crippen LogP contribution in [0.3, 0.4) is 0 Å². The maximum absolute atomic E-state index is 14.5.